The summed E-state index contributed by atoms with van der Waals surface area (Å²) in [6.07, 6.45) is 3.97. The van der Waals surface area contributed by atoms with Gasteiger partial charge in [0.2, 0.25) is 0 Å². The summed E-state index contributed by atoms with van der Waals surface area (Å²) >= 11 is 3.50. The third kappa shape index (κ3) is 5.95. The summed E-state index contributed by atoms with van der Waals surface area (Å²) in [6.45, 7) is 3.56. The minimum Gasteiger partial charge on any atom is -0.450 e. The van der Waals surface area contributed by atoms with E-state index in [1.54, 1.807) is 7.05 Å². The Morgan fingerprint density at radius 1 is 1.56 bits per heavy atom. The number of hydrogen-bond donors (Lipinski definition) is 2. The molecule has 8 heteroatoms. The van der Waals surface area contributed by atoms with Crippen molar-refractivity contribution in [2.24, 2.45) is 18.0 Å². The number of alkyl carbamates (subject to hydrolysis) is 1. The van der Waals surface area contributed by atoms with Gasteiger partial charge in [-0.1, -0.05) is 0 Å². The molecule has 25 heavy (non-hydrogen) atoms. The maximum Gasteiger partial charge on any atom is 0.407 e. The van der Waals surface area contributed by atoms with Crippen LogP contribution in [-0.4, -0.2) is 54.8 Å². The molecule has 0 aromatic carbocycles. The molecule has 1 aromatic rings. The SMILES string of the molecule is CCOC(=O)NC(CNC(=NC)N(C)Cc1cc(Br)cn1C)C1CC1. The van der Waals surface area contributed by atoms with Crippen molar-refractivity contribution in [1.82, 2.24) is 20.1 Å². The third-order valence-electron chi connectivity index (χ3n) is 4.30. The Hall–Kier alpha value is -1.70. The van der Waals surface area contributed by atoms with E-state index in [-0.39, 0.29) is 12.1 Å². The summed E-state index contributed by atoms with van der Waals surface area (Å²) in [5.74, 6) is 1.32. The number of halogens is 1. The molecule has 1 aromatic heterocycles. The molecule has 1 unspecified atom stereocenters. The standard InChI is InChI=1S/C17H28BrN5O2/c1-5-25-17(24)21-15(12-6-7-12)9-20-16(19-2)23(4)11-14-8-13(18)10-22(14)3/h8,10,12,15H,5-7,9,11H2,1-4H3,(H,19,20)(H,21,24). The van der Waals surface area contributed by atoms with Gasteiger partial charge in [0.25, 0.3) is 0 Å². The number of rotatable bonds is 7. The number of aromatic nitrogens is 1. The molecule has 1 aliphatic carbocycles. The quantitative estimate of drug-likeness (QED) is 0.531. The highest BCUT2D eigenvalue weighted by molar-refractivity contribution is 9.10. The minimum absolute atomic E-state index is 0.0633. The fourth-order valence-corrected chi connectivity index (χ4v) is 3.36. The van der Waals surface area contributed by atoms with E-state index in [9.17, 15) is 4.79 Å². The van der Waals surface area contributed by atoms with Crippen LogP contribution in [0.15, 0.2) is 21.7 Å². The molecular formula is C17H28BrN5O2. The number of ether oxygens (including phenoxy) is 1. The van der Waals surface area contributed by atoms with Crippen LogP contribution in [0.5, 0.6) is 0 Å². The number of amides is 1. The Bertz CT molecular complexity index is 612. The number of aliphatic imine (C=N–C) groups is 1. The van der Waals surface area contributed by atoms with Gasteiger partial charge in [0, 0.05) is 44.1 Å². The lowest BCUT2D eigenvalue weighted by Gasteiger charge is -2.25. The second-order valence-electron chi connectivity index (χ2n) is 6.35. The number of hydrogen-bond acceptors (Lipinski definition) is 3. The normalized spacial score (nSPS) is 15.6. The Balaban J connectivity index is 1.89. The van der Waals surface area contributed by atoms with Crippen molar-refractivity contribution in [3.8, 4) is 0 Å². The molecule has 0 bridgehead atoms. The molecule has 7 nitrogen and oxygen atoms in total. The molecule has 1 heterocycles. The van der Waals surface area contributed by atoms with Crippen LogP contribution >= 0.6 is 15.9 Å². The van der Waals surface area contributed by atoms with Crippen LogP contribution in [0.2, 0.25) is 0 Å². The molecule has 0 spiro atoms. The van der Waals surface area contributed by atoms with Gasteiger partial charge >= 0.3 is 6.09 Å². The van der Waals surface area contributed by atoms with Gasteiger partial charge in [-0.25, -0.2) is 4.79 Å². The van der Waals surface area contributed by atoms with Crippen molar-refractivity contribution in [3.05, 3.63) is 22.4 Å². The molecule has 0 aliphatic heterocycles. The molecular weight excluding hydrogens is 386 g/mol. The fraction of sp³-hybridized carbons (Fsp3) is 0.647. The Morgan fingerprint density at radius 2 is 2.28 bits per heavy atom. The van der Waals surface area contributed by atoms with Gasteiger partial charge < -0.3 is 24.8 Å². The van der Waals surface area contributed by atoms with Crippen LogP contribution in [0.3, 0.4) is 0 Å². The summed E-state index contributed by atoms with van der Waals surface area (Å²) < 4.78 is 8.15. The zero-order valence-corrected chi connectivity index (χ0v) is 17.0. The summed E-state index contributed by atoms with van der Waals surface area (Å²) in [7, 11) is 5.79. The lowest BCUT2D eigenvalue weighted by molar-refractivity contribution is 0.146. The maximum atomic E-state index is 11.7. The number of nitrogens with zero attached hydrogens (tertiary/aromatic N) is 3. The first kappa shape index (κ1) is 19.6. The molecule has 1 saturated carbocycles. The van der Waals surface area contributed by atoms with Crippen LogP contribution < -0.4 is 10.6 Å². The van der Waals surface area contributed by atoms with Crippen molar-refractivity contribution in [2.45, 2.75) is 32.4 Å². The third-order valence-corrected chi connectivity index (χ3v) is 4.73. The lowest BCUT2D eigenvalue weighted by atomic mass is 10.2. The second kappa shape index (κ2) is 9.12. The van der Waals surface area contributed by atoms with E-state index < -0.39 is 0 Å². The van der Waals surface area contributed by atoms with Crippen LogP contribution in [0, 0.1) is 5.92 Å². The van der Waals surface area contributed by atoms with E-state index in [2.05, 4.69) is 47.1 Å². The zero-order chi connectivity index (χ0) is 18.4. The van der Waals surface area contributed by atoms with Gasteiger partial charge in [0.05, 0.1) is 19.2 Å². The average Bonchev–Trinajstić information content (AvgIpc) is 3.33. The van der Waals surface area contributed by atoms with Gasteiger partial charge in [-0.05, 0) is 47.7 Å². The predicted molar refractivity (Wildman–Crippen MR) is 103 cm³/mol. The van der Waals surface area contributed by atoms with E-state index in [1.807, 2.05) is 27.2 Å². The van der Waals surface area contributed by atoms with E-state index >= 15 is 0 Å². The second-order valence-corrected chi connectivity index (χ2v) is 7.27. The van der Waals surface area contributed by atoms with Gasteiger partial charge in [0.15, 0.2) is 5.96 Å². The van der Waals surface area contributed by atoms with Crippen molar-refractivity contribution in [2.75, 3.05) is 27.2 Å². The monoisotopic (exact) mass is 413 g/mol. The molecule has 0 radical (unpaired) electrons. The van der Waals surface area contributed by atoms with Crippen molar-refractivity contribution < 1.29 is 9.53 Å². The molecule has 1 amide bonds. The Labute approximate surface area is 157 Å². The van der Waals surface area contributed by atoms with E-state index in [0.717, 1.165) is 29.8 Å². The highest BCUT2D eigenvalue weighted by atomic mass is 79.9. The smallest absolute Gasteiger partial charge is 0.407 e. The minimum atomic E-state index is -0.349. The average molecular weight is 414 g/mol. The van der Waals surface area contributed by atoms with Crippen LogP contribution in [0.1, 0.15) is 25.5 Å². The van der Waals surface area contributed by atoms with E-state index in [1.165, 1.54) is 5.69 Å². The summed E-state index contributed by atoms with van der Waals surface area (Å²) in [6, 6.07) is 2.16. The van der Waals surface area contributed by atoms with E-state index in [4.69, 9.17) is 4.74 Å². The van der Waals surface area contributed by atoms with Gasteiger partial charge in [-0.2, -0.15) is 0 Å². The molecule has 1 atom stereocenters. The van der Waals surface area contributed by atoms with Crippen molar-refractivity contribution >= 4 is 28.0 Å². The first-order valence-electron chi connectivity index (χ1n) is 8.60. The molecule has 1 fully saturated rings. The van der Waals surface area contributed by atoms with Crippen LogP contribution in [0.25, 0.3) is 0 Å². The topological polar surface area (TPSA) is 70.9 Å². The molecule has 2 N–H and O–H groups in total. The van der Waals surface area contributed by atoms with Gasteiger partial charge in [-0.3, -0.25) is 4.99 Å². The fourth-order valence-electron chi connectivity index (χ4n) is 2.79. The molecule has 1 aliphatic rings. The summed E-state index contributed by atoms with van der Waals surface area (Å²) in [5.41, 5.74) is 1.18. The summed E-state index contributed by atoms with van der Waals surface area (Å²) in [5, 5.41) is 6.32. The van der Waals surface area contributed by atoms with Crippen molar-refractivity contribution in [1.29, 1.82) is 0 Å². The molecule has 0 saturated heterocycles. The highest BCUT2D eigenvalue weighted by Gasteiger charge is 2.32. The zero-order valence-electron chi connectivity index (χ0n) is 15.4. The number of nitrogens with one attached hydrogen (secondary N) is 2. The van der Waals surface area contributed by atoms with E-state index in [0.29, 0.717) is 19.1 Å². The number of guanidine groups is 1. The number of aryl methyl sites for hydroxylation is 1. The lowest BCUT2D eigenvalue weighted by Crippen LogP contribution is -2.48. The maximum absolute atomic E-state index is 11.7. The van der Waals surface area contributed by atoms with Gasteiger partial charge in [0.1, 0.15) is 0 Å². The molecule has 2 rings (SSSR count). The first-order valence-corrected chi connectivity index (χ1v) is 9.39. The van der Waals surface area contributed by atoms with Crippen LogP contribution in [-0.2, 0) is 18.3 Å². The predicted octanol–water partition coefficient (Wildman–Crippen LogP) is 2.32. The Kier molecular flexibility index (Phi) is 7.16. The first-order chi connectivity index (χ1) is 11.9. The van der Waals surface area contributed by atoms with Crippen LogP contribution in [0.4, 0.5) is 4.79 Å². The number of carbonyl (C=O) groups is 1. The molecule has 140 valence electrons. The highest BCUT2D eigenvalue weighted by Crippen LogP contribution is 2.32. The number of carbonyl (C=O) groups excluding carboxylic acids is 1. The Morgan fingerprint density at radius 3 is 2.80 bits per heavy atom. The summed E-state index contributed by atoms with van der Waals surface area (Å²) in [4.78, 5) is 18.1. The largest absolute Gasteiger partial charge is 0.450 e. The van der Waals surface area contributed by atoms with Gasteiger partial charge in [-0.15, -0.1) is 0 Å². The van der Waals surface area contributed by atoms with Crippen molar-refractivity contribution in [3.63, 3.8) is 0 Å².